The van der Waals surface area contributed by atoms with Crippen LogP contribution in [0.5, 0.6) is 0 Å². The molecule has 3 aromatic rings. The molecule has 0 bridgehead atoms. The van der Waals surface area contributed by atoms with Gasteiger partial charge in [-0.25, -0.2) is 12.8 Å². The van der Waals surface area contributed by atoms with Crippen LogP contribution in [-0.2, 0) is 27.4 Å². The highest BCUT2D eigenvalue weighted by Crippen LogP contribution is 2.39. The average Bonchev–Trinajstić information content (AvgIpc) is 2.83. The summed E-state index contributed by atoms with van der Waals surface area (Å²) in [5.41, 5.74) is 3.52. The fourth-order valence-corrected chi connectivity index (χ4v) is 4.80. The highest BCUT2D eigenvalue weighted by Gasteiger charge is 2.28. The van der Waals surface area contributed by atoms with Crippen LogP contribution in [-0.4, -0.2) is 36.0 Å². The first-order chi connectivity index (χ1) is 15.5. The number of benzene rings is 2. The van der Waals surface area contributed by atoms with E-state index in [9.17, 15) is 27.5 Å². The second-order valence-corrected chi connectivity index (χ2v) is 10.3. The van der Waals surface area contributed by atoms with E-state index >= 15 is 0 Å². The number of hydrogen-bond donors (Lipinski definition) is 1. The van der Waals surface area contributed by atoms with E-state index in [0.29, 0.717) is 39.1 Å². The van der Waals surface area contributed by atoms with Gasteiger partial charge in [0.05, 0.1) is 23.9 Å². The number of sulfone groups is 1. The van der Waals surface area contributed by atoms with Crippen LogP contribution in [0, 0.1) is 5.82 Å². The molecule has 0 unspecified atom stereocenters. The van der Waals surface area contributed by atoms with Gasteiger partial charge in [-0.15, -0.1) is 0 Å². The molecule has 0 saturated carbocycles. The Hall–Kier alpha value is -3.59. The van der Waals surface area contributed by atoms with Crippen LogP contribution in [0.3, 0.4) is 0 Å². The Morgan fingerprint density at radius 1 is 1.09 bits per heavy atom. The summed E-state index contributed by atoms with van der Waals surface area (Å²) in [6.07, 6.45) is 2.40. The third-order valence-electron chi connectivity index (χ3n) is 5.45. The van der Waals surface area contributed by atoms with Crippen molar-refractivity contribution in [3.8, 4) is 11.1 Å². The summed E-state index contributed by atoms with van der Waals surface area (Å²) >= 11 is 0. The lowest BCUT2D eigenvalue weighted by molar-refractivity contribution is -0.137. The van der Waals surface area contributed by atoms with E-state index in [2.05, 4.69) is 0 Å². The Kier molecular flexibility index (Phi) is 5.75. The smallest absolute Gasteiger partial charge is 0.305 e. The lowest BCUT2D eigenvalue weighted by Gasteiger charge is -2.15. The molecule has 7 nitrogen and oxygen atoms in total. The van der Waals surface area contributed by atoms with Crippen molar-refractivity contribution in [2.24, 2.45) is 12.0 Å². The number of hydrogen-bond acceptors (Lipinski definition) is 5. The summed E-state index contributed by atoms with van der Waals surface area (Å²) in [7, 11) is -1.72. The van der Waals surface area contributed by atoms with E-state index in [-0.39, 0.29) is 17.7 Å². The van der Waals surface area contributed by atoms with E-state index in [1.54, 1.807) is 43.6 Å². The fraction of sp³-hybridized carbons (Fsp3) is 0.208. The van der Waals surface area contributed by atoms with Crippen molar-refractivity contribution in [3.05, 3.63) is 93.2 Å². The first-order valence-corrected chi connectivity index (χ1v) is 12.2. The molecule has 1 N–H and O–H groups in total. The predicted molar refractivity (Wildman–Crippen MR) is 123 cm³/mol. The summed E-state index contributed by atoms with van der Waals surface area (Å²) < 4.78 is 38.8. The maximum absolute atomic E-state index is 13.6. The van der Waals surface area contributed by atoms with Gasteiger partial charge in [0.1, 0.15) is 5.82 Å². The van der Waals surface area contributed by atoms with E-state index < -0.39 is 27.7 Å². The molecule has 0 radical (unpaired) electrons. The summed E-state index contributed by atoms with van der Waals surface area (Å²) in [5.74, 6) is -1.69. The molecule has 1 atom stereocenters. The highest BCUT2D eigenvalue weighted by molar-refractivity contribution is 7.89. The molecule has 2 heterocycles. The van der Waals surface area contributed by atoms with Crippen molar-refractivity contribution in [2.45, 2.75) is 18.2 Å². The second-order valence-electron chi connectivity index (χ2n) is 8.14. The lowest BCUT2D eigenvalue weighted by atomic mass is 9.90. The largest absolute Gasteiger partial charge is 0.481 e. The van der Waals surface area contributed by atoms with Gasteiger partial charge in [0.15, 0.2) is 9.84 Å². The number of rotatable bonds is 5. The number of aliphatic carboxylic acids is 1. The molecule has 4 rings (SSSR count). The number of aliphatic imine (C=N–C) groups is 1. The molecule has 2 aromatic carbocycles. The molecule has 0 aliphatic carbocycles. The Morgan fingerprint density at radius 3 is 2.42 bits per heavy atom. The molecule has 1 aliphatic heterocycles. The Balaban J connectivity index is 2.05. The number of aryl methyl sites for hydroxylation is 1. The fourth-order valence-electron chi connectivity index (χ4n) is 4.01. The predicted octanol–water partition coefficient (Wildman–Crippen LogP) is 3.10. The van der Waals surface area contributed by atoms with E-state index in [0.717, 1.165) is 6.26 Å². The van der Waals surface area contributed by atoms with Crippen molar-refractivity contribution >= 4 is 21.5 Å². The Morgan fingerprint density at radius 2 is 1.79 bits per heavy atom. The first-order valence-electron chi connectivity index (χ1n) is 10.1. The highest BCUT2D eigenvalue weighted by atomic mass is 32.2. The maximum Gasteiger partial charge on any atom is 0.305 e. The normalized spacial score (nSPS) is 15.2. The maximum atomic E-state index is 13.6. The molecule has 0 saturated heterocycles. The average molecular weight is 469 g/mol. The van der Waals surface area contributed by atoms with Crippen LogP contribution < -0.4 is 5.56 Å². The second kappa shape index (κ2) is 8.40. The number of nitrogens with zero attached hydrogens (tertiary/aromatic N) is 2. The quantitative estimate of drug-likeness (QED) is 0.619. The molecule has 0 fully saturated rings. The summed E-state index contributed by atoms with van der Waals surface area (Å²) in [4.78, 5) is 28.8. The first kappa shape index (κ1) is 22.6. The van der Waals surface area contributed by atoms with Crippen molar-refractivity contribution in [1.29, 1.82) is 0 Å². The van der Waals surface area contributed by atoms with Crippen LogP contribution in [0.4, 0.5) is 4.39 Å². The number of carboxylic acids is 1. The zero-order chi connectivity index (χ0) is 23.9. The van der Waals surface area contributed by atoms with Crippen LogP contribution in [0.2, 0.25) is 0 Å². The third kappa shape index (κ3) is 4.78. The molecular weight excluding hydrogens is 447 g/mol. The topological polar surface area (TPSA) is 106 Å². The van der Waals surface area contributed by atoms with Gasteiger partial charge in [-0.3, -0.25) is 14.6 Å². The van der Waals surface area contributed by atoms with Crippen LogP contribution in [0.1, 0.15) is 34.7 Å². The molecule has 0 amide bonds. The minimum absolute atomic E-state index is 0.178. The van der Waals surface area contributed by atoms with Crippen molar-refractivity contribution in [2.75, 3.05) is 6.26 Å². The molecule has 170 valence electrons. The Bertz CT molecular complexity index is 1460. The standard InChI is InChI=1S/C24H21FN2O5S/c1-27-12-20-18-9-14(13-33(2,31)32)3-8-17(18)24(15-4-6-16(25)7-5-15)26-21(11-23(29)30)19(20)10-22(27)28/h3-10,12,21H,11,13H2,1-2H3,(H,29,30)/t21-/m0/s1. The number of fused-ring (bicyclic) bond motifs is 3. The summed E-state index contributed by atoms with van der Waals surface area (Å²) in [6, 6.07) is 11.3. The zero-order valence-corrected chi connectivity index (χ0v) is 18.8. The minimum Gasteiger partial charge on any atom is -0.481 e. The molecule has 1 aliphatic rings. The number of pyridine rings is 1. The van der Waals surface area contributed by atoms with Gasteiger partial charge in [-0.05, 0) is 47.0 Å². The molecule has 9 heteroatoms. The van der Waals surface area contributed by atoms with Crippen LogP contribution >= 0.6 is 0 Å². The van der Waals surface area contributed by atoms with Gasteiger partial charge in [-0.1, -0.05) is 12.1 Å². The van der Waals surface area contributed by atoms with Crippen molar-refractivity contribution in [1.82, 2.24) is 4.57 Å². The zero-order valence-electron chi connectivity index (χ0n) is 17.9. The minimum atomic E-state index is -3.31. The number of carbonyl (C=O) groups is 1. The summed E-state index contributed by atoms with van der Waals surface area (Å²) in [5, 5.41) is 9.52. The summed E-state index contributed by atoms with van der Waals surface area (Å²) in [6.45, 7) is 0. The molecule has 33 heavy (non-hydrogen) atoms. The van der Waals surface area contributed by atoms with E-state index in [4.69, 9.17) is 4.99 Å². The van der Waals surface area contributed by atoms with Crippen LogP contribution in [0.15, 0.2) is 64.5 Å². The van der Waals surface area contributed by atoms with E-state index in [1.807, 2.05) is 0 Å². The lowest BCUT2D eigenvalue weighted by Crippen LogP contribution is -2.18. The molecule has 0 spiro atoms. The number of carboxylic acid groups (broad SMARTS) is 1. The van der Waals surface area contributed by atoms with Gasteiger partial charge >= 0.3 is 5.97 Å². The third-order valence-corrected chi connectivity index (χ3v) is 6.31. The van der Waals surface area contributed by atoms with E-state index in [1.165, 1.54) is 22.8 Å². The van der Waals surface area contributed by atoms with Gasteiger partial charge in [0.25, 0.3) is 5.56 Å². The molecule has 1 aromatic heterocycles. The van der Waals surface area contributed by atoms with Gasteiger partial charge in [0, 0.05) is 42.3 Å². The van der Waals surface area contributed by atoms with Crippen molar-refractivity contribution in [3.63, 3.8) is 0 Å². The number of aromatic nitrogens is 1. The van der Waals surface area contributed by atoms with Crippen LogP contribution in [0.25, 0.3) is 11.1 Å². The Labute approximate surface area is 189 Å². The van der Waals surface area contributed by atoms with Gasteiger partial charge < -0.3 is 9.67 Å². The van der Waals surface area contributed by atoms with Gasteiger partial charge in [-0.2, -0.15) is 0 Å². The monoisotopic (exact) mass is 468 g/mol. The SMILES string of the molecule is Cn1cc2c(cc1=O)[C@H](CC(=O)O)N=C(c1ccc(F)cc1)c1ccc(CS(C)(=O)=O)cc1-2. The number of halogens is 1. The van der Waals surface area contributed by atoms with Crippen molar-refractivity contribution < 1.29 is 22.7 Å². The molecular formula is C24H21FN2O5S. The van der Waals surface area contributed by atoms with Gasteiger partial charge in [0.2, 0.25) is 0 Å².